The average molecular weight is 370 g/mol. The maximum atomic E-state index is 12.3. The molecule has 0 saturated heterocycles. The quantitative estimate of drug-likeness (QED) is 0.704. The van der Waals surface area contributed by atoms with Crippen LogP contribution in [-0.2, 0) is 9.53 Å². The first-order valence-corrected chi connectivity index (χ1v) is 8.65. The van der Waals surface area contributed by atoms with Crippen LogP contribution in [0.3, 0.4) is 0 Å². The molecule has 25 heavy (non-hydrogen) atoms. The van der Waals surface area contributed by atoms with Gasteiger partial charge in [-0.1, -0.05) is 18.0 Å². The normalized spacial score (nSPS) is 20.5. The Morgan fingerprint density at radius 3 is 2.64 bits per heavy atom. The number of carbonyl (C=O) groups excluding carboxylic acids is 2. The molecule has 0 spiro atoms. The second-order valence-corrected chi connectivity index (χ2v) is 7.45. The van der Waals surface area contributed by atoms with E-state index in [9.17, 15) is 9.59 Å². The summed E-state index contributed by atoms with van der Waals surface area (Å²) in [4.78, 5) is 24.2. The molecule has 1 aromatic heterocycles. The third-order valence-electron chi connectivity index (χ3n) is 3.71. The Bertz CT molecular complexity index is 603. The maximum absolute atomic E-state index is 12.3. The van der Waals surface area contributed by atoms with Gasteiger partial charge in [-0.25, -0.2) is 4.79 Å². The summed E-state index contributed by atoms with van der Waals surface area (Å²) in [5.74, 6) is 0.0610. The second-order valence-electron chi connectivity index (χ2n) is 7.06. The van der Waals surface area contributed by atoms with Crippen molar-refractivity contribution < 1.29 is 14.3 Å². The summed E-state index contributed by atoms with van der Waals surface area (Å²) in [5.41, 5.74) is 4.79. The van der Waals surface area contributed by atoms with Crippen molar-refractivity contribution in [3.63, 3.8) is 0 Å². The molecule has 0 radical (unpaired) electrons. The number of anilines is 1. The van der Waals surface area contributed by atoms with Gasteiger partial charge in [0.2, 0.25) is 5.91 Å². The molecule has 0 bridgehead atoms. The lowest BCUT2D eigenvalue weighted by atomic mass is 9.85. The van der Waals surface area contributed by atoms with Crippen molar-refractivity contribution in [2.24, 2.45) is 5.92 Å². The molecular formula is C16H24ClN5O3. The smallest absolute Gasteiger partial charge is 0.407 e. The number of amides is 2. The van der Waals surface area contributed by atoms with Crippen LogP contribution in [0.1, 0.15) is 46.5 Å². The molecule has 1 aliphatic carbocycles. The Kier molecular flexibility index (Phi) is 6.41. The highest BCUT2D eigenvalue weighted by Crippen LogP contribution is 2.25. The van der Waals surface area contributed by atoms with Gasteiger partial charge in [0.05, 0.1) is 0 Å². The Morgan fingerprint density at radius 1 is 1.24 bits per heavy atom. The number of hydrogen-bond acceptors (Lipinski definition) is 6. The van der Waals surface area contributed by atoms with Gasteiger partial charge in [-0.3, -0.25) is 15.6 Å². The van der Waals surface area contributed by atoms with Gasteiger partial charge in [0.25, 0.3) is 0 Å². The summed E-state index contributed by atoms with van der Waals surface area (Å²) in [6.07, 6.45) is 2.58. The third-order valence-corrected chi connectivity index (χ3v) is 3.91. The van der Waals surface area contributed by atoms with E-state index in [-0.39, 0.29) is 23.0 Å². The summed E-state index contributed by atoms with van der Waals surface area (Å²) in [7, 11) is 0. The van der Waals surface area contributed by atoms with E-state index >= 15 is 0 Å². The minimum Gasteiger partial charge on any atom is -0.444 e. The van der Waals surface area contributed by atoms with Gasteiger partial charge in [-0.15, -0.1) is 10.2 Å². The van der Waals surface area contributed by atoms with E-state index in [4.69, 9.17) is 16.3 Å². The lowest BCUT2D eigenvalue weighted by Gasteiger charge is -2.30. The number of carbonyl (C=O) groups is 2. The minimum atomic E-state index is -0.543. The SMILES string of the molecule is CC(C)(C)OC(=O)N[C@@H]1CCC[C@H](C(=O)NNc2ccc(Cl)nn2)C1. The first-order chi connectivity index (χ1) is 11.7. The number of hydrogen-bond donors (Lipinski definition) is 3. The first-order valence-electron chi connectivity index (χ1n) is 8.27. The zero-order valence-electron chi connectivity index (χ0n) is 14.6. The Balaban J connectivity index is 1.80. The molecule has 1 fully saturated rings. The predicted molar refractivity (Wildman–Crippen MR) is 93.9 cm³/mol. The van der Waals surface area contributed by atoms with Gasteiger partial charge >= 0.3 is 6.09 Å². The van der Waals surface area contributed by atoms with Gasteiger partial charge in [-0.2, -0.15) is 0 Å². The summed E-state index contributed by atoms with van der Waals surface area (Å²) in [6.45, 7) is 5.44. The average Bonchev–Trinajstić information content (AvgIpc) is 2.52. The van der Waals surface area contributed by atoms with E-state index in [1.165, 1.54) is 0 Å². The molecular weight excluding hydrogens is 346 g/mol. The zero-order chi connectivity index (χ0) is 18.4. The number of nitrogens with zero attached hydrogens (tertiary/aromatic N) is 2. The highest BCUT2D eigenvalue weighted by Gasteiger charge is 2.29. The minimum absolute atomic E-state index is 0.0744. The number of rotatable bonds is 4. The fourth-order valence-corrected chi connectivity index (χ4v) is 2.74. The lowest BCUT2D eigenvalue weighted by molar-refractivity contribution is -0.125. The number of hydrazine groups is 1. The van der Waals surface area contributed by atoms with E-state index in [1.54, 1.807) is 12.1 Å². The number of halogens is 1. The highest BCUT2D eigenvalue weighted by atomic mass is 35.5. The monoisotopic (exact) mass is 369 g/mol. The zero-order valence-corrected chi connectivity index (χ0v) is 15.4. The van der Waals surface area contributed by atoms with E-state index in [2.05, 4.69) is 26.4 Å². The van der Waals surface area contributed by atoms with Crippen LogP contribution < -0.4 is 16.2 Å². The largest absolute Gasteiger partial charge is 0.444 e. The molecule has 1 aromatic rings. The molecule has 9 heteroatoms. The lowest BCUT2D eigenvalue weighted by Crippen LogP contribution is -2.45. The number of ether oxygens (including phenoxy) is 1. The van der Waals surface area contributed by atoms with Crippen molar-refractivity contribution in [2.75, 3.05) is 5.43 Å². The number of nitrogens with one attached hydrogen (secondary N) is 3. The van der Waals surface area contributed by atoms with Crippen LogP contribution in [0.15, 0.2) is 12.1 Å². The van der Waals surface area contributed by atoms with Crippen LogP contribution in [0, 0.1) is 5.92 Å². The van der Waals surface area contributed by atoms with Crippen molar-refractivity contribution in [2.45, 2.75) is 58.1 Å². The Morgan fingerprint density at radius 2 is 2.00 bits per heavy atom. The maximum Gasteiger partial charge on any atom is 0.407 e. The van der Waals surface area contributed by atoms with Crippen LogP contribution in [0.2, 0.25) is 5.15 Å². The van der Waals surface area contributed by atoms with Gasteiger partial charge < -0.3 is 10.1 Å². The van der Waals surface area contributed by atoms with Crippen molar-refractivity contribution in [3.8, 4) is 0 Å². The second kappa shape index (κ2) is 8.33. The number of alkyl carbamates (subject to hydrolysis) is 1. The van der Waals surface area contributed by atoms with Gasteiger partial charge in [0.1, 0.15) is 5.60 Å². The summed E-state index contributed by atoms with van der Waals surface area (Å²) in [5, 5.41) is 10.6. The first kappa shape index (κ1) is 19.2. The molecule has 2 rings (SSSR count). The molecule has 1 aliphatic rings. The molecule has 0 aliphatic heterocycles. The predicted octanol–water partition coefficient (Wildman–Crippen LogP) is 2.66. The summed E-state index contributed by atoms with van der Waals surface area (Å²) < 4.78 is 5.26. The number of aromatic nitrogens is 2. The molecule has 2 atom stereocenters. The van der Waals surface area contributed by atoms with Crippen molar-refractivity contribution in [1.82, 2.24) is 20.9 Å². The molecule has 138 valence electrons. The summed E-state index contributed by atoms with van der Waals surface area (Å²) >= 11 is 5.66. The molecule has 1 heterocycles. The fraction of sp³-hybridized carbons (Fsp3) is 0.625. The molecule has 3 N–H and O–H groups in total. The molecule has 8 nitrogen and oxygen atoms in total. The fourth-order valence-electron chi connectivity index (χ4n) is 2.64. The van der Waals surface area contributed by atoms with Crippen molar-refractivity contribution >= 4 is 29.4 Å². The standard InChI is InChI=1S/C16H24ClN5O3/c1-16(2,3)25-15(24)18-11-6-4-5-10(9-11)14(23)22-21-13-8-7-12(17)19-20-13/h7-8,10-11H,4-6,9H2,1-3H3,(H,18,24)(H,20,21)(H,22,23)/t10-,11+/m0/s1. The molecule has 1 saturated carbocycles. The van der Waals surface area contributed by atoms with Crippen LogP contribution >= 0.6 is 11.6 Å². The van der Waals surface area contributed by atoms with E-state index < -0.39 is 11.7 Å². The Labute approximate surface area is 152 Å². The molecule has 2 amide bonds. The van der Waals surface area contributed by atoms with Crippen LogP contribution in [-0.4, -0.2) is 33.8 Å². The summed E-state index contributed by atoms with van der Waals surface area (Å²) in [6, 6.07) is 3.11. The van der Waals surface area contributed by atoms with Crippen LogP contribution in [0.25, 0.3) is 0 Å². The van der Waals surface area contributed by atoms with E-state index in [0.29, 0.717) is 12.2 Å². The topological polar surface area (TPSA) is 105 Å². The van der Waals surface area contributed by atoms with Gasteiger partial charge in [0, 0.05) is 12.0 Å². The Hall–Kier alpha value is -2.09. The van der Waals surface area contributed by atoms with Crippen molar-refractivity contribution in [1.29, 1.82) is 0 Å². The van der Waals surface area contributed by atoms with Crippen molar-refractivity contribution in [3.05, 3.63) is 17.3 Å². The third kappa shape index (κ3) is 6.74. The van der Waals surface area contributed by atoms with Gasteiger partial charge in [0.15, 0.2) is 11.0 Å². The van der Waals surface area contributed by atoms with Gasteiger partial charge in [-0.05, 0) is 52.2 Å². The molecule has 0 aromatic carbocycles. The molecule has 0 unspecified atom stereocenters. The van der Waals surface area contributed by atoms with E-state index in [0.717, 1.165) is 19.3 Å². The highest BCUT2D eigenvalue weighted by molar-refractivity contribution is 6.29. The van der Waals surface area contributed by atoms with E-state index in [1.807, 2.05) is 20.8 Å². The van der Waals surface area contributed by atoms with Crippen LogP contribution in [0.4, 0.5) is 10.6 Å². The van der Waals surface area contributed by atoms with Crippen LogP contribution in [0.5, 0.6) is 0 Å².